The lowest BCUT2D eigenvalue weighted by Gasteiger charge is -2.06. The fraction of sp³-hybridized carbons (Fsp3) is 0.154. The third kappa shape index (κ3) is 3.75. The predicted octanol–water partition coefficient (Wildman–Crippen LogP) is 3.46. The molecule has 0 spiro atoms. The molecule has 0 aliphatic rings. The van der Waals surface area contributed by atoms with Crippen LogP contribution in [0.5, 0.6) is 5.75 Å². The zero-order valence-electron chi connectivity index (χ0n) is 9.95. The Morgan fingerprint density at radius 3 is 2.79 bits per heavy atom. The van der Waals surface area contributed by atoms with Crippen LogP contribution >= 0.6 is 15.9 Å². The average molecular weight is 323 g/mol. The molecule has 5 nitrogen and oxygen atoms in total. The summed E-state index contributed by atoms with van der Waals surface area (Å²) in [5, 5.41) is 11.3. The second kappa shape index (κ2) is 6.29. The third-order valence-electron chi connectivity index (χ3n) is 2.46. The minimum absolute atomic E-state index is 0.0638. The van der Waals surface area contributed by atoms with Crippen molar-refractivity contribution >= 4 is 21.6 Å². The largest absolute Gasteiger partial charge is 0.487 e. The number of alkyl halides is 1. The summed E-state index contributed by atoms with van der Waals surface area (Å²) in [7, 11) is 0. The van der Waals surface area contributed by atoms with Crippen molar-refractivity contribution in [3.63, 3.8) is 0 Å². The maximum Gasteiger partial charge on any atom is 0.269 e. The van der Waals surface area contributed by atoms with Gasteiger partial charge in [-0.1, -0.05) is 28.1 Å². The molecule has 1 heterocycles. The number of benzene rings is 1. The monoisotopic (exact) mass is 322 g/mol. The molecule has 6 heteroatoms. The van der Waals surface area contributed by atoms with Crippen molar-refractivity contribution in [3.05, 3.63) is 64.0 Å². The Hall–Kier alpha value is -1.95. The van der Waals surface area contributed by atoms with Crippen LogP contribution < -0.4 is 4.74 Å². The molecule has 0 bridgehead atoms. The molecule has 2 rings (SSSR count). The van der Waals surface area contributed by atoms with E-state index in [1.165, 1.54) is 12.1 Å². The molecule has 0 saturated carbocycles. The van der Waals surface area contributed by atoms with Crippen LogP contribution in [-0.2, 0) is 11.9 Å². The van der Waals surface area contributed by atoms with Crippen molar-refractivity contribution in [2.45, 2.75) is 11.9 Å². The first kappa shape index (κ1) is 13.5. The Bertz CT molecular complexity index is 572. The predicted molar refractivity (Wildman–Crippen MR) is 74.3 cm³/mol. The maximum absolute atomic E-state index is 10.6. The molecule has 0 aliphatic heterocycles. The number of rotatable bonds is 5. The van der Waals surface area contributed by atoms with Crippen LogP contribution in [0.3, 0.4) is 0 Å². The summed E-state index contributed by atoms with van der Waals surface area (Å²) in [6.07, 6.45) is 1.63. The van der Waals surface area contributed by atoms with Gasteiger partial charge in [-0.3, -0.25) is 15.1 Å². The van der Waals surface area contributed by atoms with Crippen molar-refractivity contribution in [2.24, 2.45) is 0 Å². The van der Waals surface area contributed by atoms with E-state index in [-0.39, 0.29) is 12.3 Å². The number of nitro benzene ring substituents is 1. The number of nitrogens with zero attached hydrogens (tertiary/aromatic N) is 2. The molecule has 0 N–H and O–H groups in total. The molecule has 0 unspecified atom stereocenters. The molecule has 0 radical (unpaired) electrons. The maximum atomic E-state index is 10.6. The third-order valence-corrected chi connectivity index (χ3v) is 3.04. The number of ether oxygens (including phenoxy) is 1. The van der Waals surface area contributed by atoms with Crippen LogP contribution in [0.1, 0.15) is 11.3 Å². The lowest BCUT2D eigenvalue weighted by Crippen LogP contribution is -1.97. The molecule has 98 valence electrons. The number of aromatic nitrogens is 1. The minimum Gasteiger partial charge on any atom is -0.487 e. The van der Waals surface area contributed by atoms with Gasteiger partial charge in [0.15, 0.2) is 0 Å². The number of nitro groups is 1. The fourth-order valence-electron chi connectivity index (χ4n) is 1.50. The van der Waals surface area contributed by atoms with Crippen molar-refractivity contribution in [1.82, 2.24) is 4.98 Å². The Morgan fingerprint density at radius 2 is 2.16 bits per heavy atom. The van der Waals surface area contributed by atoms with E-state index >= 15 is 0 Å². The van der Waals surface area contributed by atoms with E-state index in [9.17, 15) is 10.1 Å². The molecule has 1 aromatic carbocycles. The highest BCUT2D eigenvalue weighted by molar-refractivity contribution is 9.08. The first-order chi connectivity index (χ1) is 9.19. The van der Waals surface area contributed by atoms with Crippen molar-refractivity contribution in [3.8, 4) is 5.75 Å². The fourth-order valence-corrected chi connectivity index (χ4v) is 1.83. The summed E-state index contributed by atoms with van der Waals surface area (Å²) in [5.41, 5.74) is 1.73. The summed E-state index contributed by atoms with van der Waals surface area (Å²) in [6, 6.07) is 10.1. The Morgan fingerprint density at radius 1 is 1.32 bits per heavy atom. The Kier molecular flexibility index (Phi) is 4.46. The molecular weight excluding hydrogens is 312 g/mol. The lowest BCUT2D eigenvalue weighted by atomic mass is 10.2. The molecule has 0 saturated heterocycles. The smallest absolute Gasteiger partial charge is 0.269 e. The second-order valence-electron chi connectivity index (χ2n) is 3.83. The van der Waals surface area contributed by atoms with Crippen LogP contribution in [0.25, 0.3) is 0 Å². The molecule has 0 aliphatic carbocycles. The van der Waals surface area contributed by atoms with E-state index in [1.54, 1.807) is 18.3 Å². The van der Waals surface area contributed by atoms with Crippen molar-refractivity contribution in [1.29, 1.82) is 0 Å². The van der Waals surface area contributed by atoms with Crippen LogP contribution in [0.2, 0.25) is 0 Å². The number of hydrogen-bond donors (Lipinski definition) is 0. The van der Waals surface area contributed by atoms with Crippen LogP contribution in [0, 0.1) is 10.1 Å². The minimum atomic E-state index is -0.421. The summed E-state index contributed by atoms with van der Waals surface area (Å²) in [5.74, 6) is 0.635. The molecule has 19 heavy (non-hydrogen) atoms. The van der Waals surface area contributed by atoms with E-state index in [0.717, 1.165) is 11.3 Å². The van der Waals surface area contributed by atoms with Crippen molar-refractivity contribution < 1.29 is 9.66 Å². The van der Waals surface area contributed by atoms with E-state index in [1.807, 2.05) is 12.1 Å². The SMILES string of the molecule is O=[N+]([O-])c1cccc(COc2ccc(CBr)nc2)c1. The van der Waals surface area contributed by atoms with E-state index in [2.05, 4.69) is 20.9 Å². The van der Waals surface area contributed by atoms with Gasteiger partial charge in [0.25, 0.3) is 5.69 Å². The molecule has 0 fully saturated rings. The molecule has 0 amide bonds. The number of hydrogen-bond acceptors (Lipinski definition) is 4. The van der Waals surface area contributed by atoms with Gasteiger partial charge in [0, 0.05) is 17.5 Å². The lowest BCUT2D eigenvalue weighted by molar-refractivity contribution is -0.384. The summed E-state index contributed by atoms with van der Waals surface area (Å²) in [6.45, 7) is 0.275. The molecule has 2 aromatic rings. The van der Waals surface area contributed by atoms with Crippen LogP contribution in [0.4, 0.5) is 5.69 Å². The van der Waals surface area contributed by atoms with Gasteiger partial charge in [-0.05, 0) is 17.7 Å². The summed E-state index contributed by atoms with van der Waals surface area (Å²) < 4.78 is 5.53. The van der Waals surface area contributed by atoms with E-state index in [4.69, 9.17) is 4.74 Å². The van der Waals surface area contributed by atoms with Gasteiger partial charge >= 0.3 is 0 Å². The zero-order chi connectivity index (χ0) is 13.7. The average Bonchev–Trinajstić information content (AvgIpc) is 2.46. The van der Waals surface area contributed by atoms with Crippen molar-refractivity contribution in [2.75, 3.05) is 0 Å². The molecule has 0 atom stereocenters. The summed E-state index contributed by atoms with van der Waals surface area (Å²) >= 11 is 3.31. The highest BCUT2D eigenvalue weighted by Gasteiger charge is 2.06. The number of non-ortho nitro benzene ring substituents is 1. The van der Waals surface area contributed by atoms with Gasteiger partial charge in [-0.25, -0.2) is 0 Å². The highest BCUT2D eigenvalue weighted by atomic mass is 79.9. The van der Waals surface area contributed by atoms with E-state index < -0.39 is 4.92 Å². The normalized spacial score (nSPS) is 10.2. The Labute approximate surface area is 118 Å². The highest BCUT2D eigenvalue weighted by Crippen LogP contribution is 2.16. The van der Waals surface area contributed by atoms with E-state index in [0.29, 0.717) is 11.1 Å². The second-order valence-corrected chi connectivity index (χ2v) is 4.40. The number of pyridine rings is 1. The van der Waals surface area contributed by atoms with Gasteiger partial charge in [-0.15, -0.1) is 0 Å². The number of halogens is 1. The van der Waals surface area contributed by atoms with Gasteiger partial charge in [0.1, 0.15) is 12.4 Å². The Balaban J connectivity index is 2.01. The van der Waals surface area contributed by atoms with Gasteiger partial charge < -0.3 is 4.74 Å². The molecule has 1 aromatic heterocycles. The van der Waals surface area contributed by atoms with Crippen LogP contribution in [-0.4, -0.2) is 9.91 Å². The first-order valence-corrected chi connectivity index (χ1v) is 6.68. The molecular formula is C13H11BrN2O3. The van der Waals surface area contributed by atoms with Gasteiger partial charge in [0.05, 0.1) is 16.8 Å². The van der Waals surface area contributed by atoms with Crippen LogP contribution in [0.15, 0.2) is 42.6 Å². The van der Waals surface area contributed by atoms with Gasteiger partial charge in [0.2, 0.25) is 0 Å². The first-order valence-electron chi connectivity index (χ1n) is 5.56. The quantitative estimate of drug-likeness (QED) is 0.480. The summed E-state index contributed by atoms with van der Waals surface area (Å²) in [4.78, 5) is 14.4. The topological polar surface area (TPSA) is 65.3 Å². The van der Waals surface area contributed by atoms with Gasteiger partial charge in [-0.2, -0.15) is 0 Å². The zero-order valence-corrected chi connectivity index (χ0v) is 11.5. The standard InChI is InChI=1S/C13H11BrN2O3/c14-7-11-4-5-13(8-15-11)19-9-10-2-1-3-12(6-10)16(17)18/h1-6,8H,7,9H2.